The molecule has 0 saturated heterocycles. The second-order valence-electron chi connectivity index (χ2n) is 4.53. The molecule has 0 aliphatic carbocycles. The number of likely N-dealkylation sites (N-methyl/N-ethyl adjacent to an activating group) is 1. The lowest BCUT2D eigenvalue weighted by Gasteiger charge is -2.19. The fourth-order valence-corrected chi connectivity index (χ4v) is 2.85. The van der Waals surface area contributed by atoms with Crippen LogP contribution in [0.4, 0.5) is 0 Å². The van der Waals surface area contributed by atoms with Gasteiger partial charge in [-0.25, -0.2) is 4.98 Å². The van der Waals surface area contributed by atoms with Gasteiger partial charge in [0, 0.05) is 17.8 Å². The van der Waals surface area contributed by atoms with E-state index in [1.54, 1.807) is 11.3 Å². The van der Waals surface area contributed by atoms with Gasteiger partial charge in [-0.3, -0.25) is 0 Å². The van der Waals surface area contributed by atoms with E-state index in [2.05, 4.69) is 60.7 Å². The molecule has 3 heteroatoms. The monoisotopic (exact) mass is 260 g/mol. The number of nitrogens with one attached hydrogen (secondary N) is 1. The van der Waals surface area contributed by atoms with Gasteiger partial charge in [0.05, 0.1) is 10.7 Å². The van der Waals surface area contributed by atoms with Gasteiger partial charge in [0.25, 0.3) is 0 Å². The Morgan fingerprint density at radius 2 is 2.06 bits per heavy atom. The number of benzene rings is 1. The lowest BCUT2D eigenvalue weighted by molar-refractivity contribution is 0.542. The van der Waals surface area contributed by atoms with E-state index in [9.17, 15) is 0 Å². The van der Waals surface area contributed by atoms with Crippen molar-refractivity contribution in [1.29, 1.82) is 0 Å². The number of rotatable bonds is 5. The summed E-state index contributed by atoms with van der Waals surface area (Å²) in [6.07, 6.45) is 0.961. The Labute approximate surface area is 113 Å². The largest absolute Gasteiger partial charge is 0.310 e. The van der Waals surface area contributed by atoms with Crippen molar-refractivity contribution < 1.29 is 0 Å². The first-order chi connectivity index (χ1) is 8.70. The Morgan fingerprint density at radius 3 is 2.67 bits per heavy atom. The van der Waals surface area contributed by atoms with Gasteiger partial charge in [0.2, 0.25) is 0 Å². The van der Waals surface area contributed by atoms with Gasteiger partial charge in [-0.1, -0.05) is 31.2 Å². The van der Waals surface area contributed by atoms with Crippen LogP contribution in [0, 0.1) is 13.8 Å². The second-order valence-corrected chi connectivity index (χ2v) is 5.59. The Bertz CT molecular complexity index is 505. The van der Waals surface area contributed by atoms with Crippen LogP contribution in [-0.2, 0) is 6.42 Å². The van der Waals surface area contributed by atoms with Crippen LogP contribution in [0.15, 0.2) is 29.6 Å². The maximum Gasteiger partial charge on any atom is 0.0897 e. The van der Waals surface area contributed by atoms with Crippen molar-refractivity contribution in [2.24, 2.45) is 0 Å². The fourth-order valence-electron chi connectivity index (χ4n) is 2.23. The van der Waals surface area contributed by atoms with Gasteiger partial charge >= 0.3 is 0 Å². The molecule has 96 valence electrons. The van der Waals surface area contributed by atoms with Crippen molar-refractivity contribution in [2.75, 3.05) is 6.54 Å². The zero-order valence-electron chi connectivity index (χ0n) is 11.2. The Kier molecular flexibility index (Phi) is 4.50. The molecule has 2 nitrogen and oxygen atoms in total. The first kappa shape index (κ1) is 13.2. The molecule has 1 aromatic carbocycles. The Hall–Kier alpha value is -1.19. The molecule has 0 aliphatic rings. The summed E-state index contributed by atoms with van der Waals surface area (Å²) in [6, 6.07) is 8.94. The number of nitrogens with zero attached hydrogens (tertiary/aromatic N) is 1. The highest BCUT2D eigenvalue weighted by atomic mass is 32.1. The molecule has 1 atom stereocenters. The molecule has 1 heterocycles. The van der Waals surface area contributed by atoms with Crippen LogP contribution in [0.25, 0.3) is 0 Å². The maximum absolute atomic E-state index is 4.57. The summed E-state index contributed by atoms with van der Waals surface area (Å²) in [5, 5.41) is 6.87. The van der Waals surface area contributed by atoms with Crippen molar-refractivity contribution in [3.05, 3.63) is 51.5 Å². The normalized spacial score (nSPS) is 12.6. The summed E-state index contributed by atoms with van der Waals surface area (Å²) in [6.45, 7) is 7.36. The maximum atomic E-state index is 4.57. The van der Waals surface area contributed by atoms with Gasteiger partial charge < -0.3 is 5.32 Å². The van der Waals surface area contributed by atoms with Crippen LogP contribution < -0.4 is 5.32 Å². The number of aromatic nitrogens is 1. The average Bonchev–Trinajstić information content (AvgIpc) is 2.75. The van der Waals surface area contributed by atoms with Crippen LogP contribution in [0.5, 0.6) is 0 Å². The van der Waals surface area contributed by atoms with Gasteiger partial charge in [-0.2, -0.15) is 0 Å². The predicted molar refractivity (Wildman–Crippen MR) is 78.2 cm³/mol. The van der Waals surface area contributed by atoms with E-state index in [-0.39, 0.29) is 0 Å². The summed E-state index contributed by atoms with van der Waals surface area (Å²) in [4.78, 5) is 4.57. The Balaban J connectivity index is 2.20. The summed E-state index contributed by atoms with van der Waals surface area (Å²) < 4.78 is 0. The van der Waals surface area contributed by atoms with Gasteiger partial charge in [0.1, 0.15) is 0 Å². The molecule has 1 N–H and O–H groups in total. The van der Waals surface area contributed by atoms with Gasteiger partial charge in [-0.15, -0.1) is 11.3 Å². The molecular weight excluding hydrogens is 240 g/mol. The van der Waals surface area contributed by atoms with Crippen LogP contribution >= 0.6 is 11.3 Å². The molecule has 1 aromatic heterocycles. The number of hydrogen-bond acceptors (Lipinski definition) is 3. The standard InChI is InChI=1S/C15H20N2S/c1-4-16-15(9-13-10-18-12(3)17-13)14-8-6-5-7-11(14)2/h5-8,10,15-16H,4,9H2,1-3H3. The van der Waals surface area contributed by atoms with Gasteiger partial charge in [-0.05, 0) is 31.5 Å². The third kappa shape index (κ3) is 3.18. The minimum atomic E-state index is 0.359. The first-order valence-corrected chi connectivity index (χ1v) is 7.28. The minimum absolute atomic E-state index is 0.359. The van der Waals surface area contributed by atoms with E-state index in [0.717, 1.165) is 18.0 Å². The lowest BCUT2D eigenvalue weighted by Crippen LogP contribution is -2.23. The third-order valence-electron chi connectivity index (χ3n) is 3.09. The Morgan fingerprint density at radius 1 is 1.28 bits per heavy atom. The van der Waals surface area contributed by atoms with Crippen LogP contribution in [0.2, 0.25) is 0 Å². The smallest absolute Gasteiger partial charge is 0.0897 e. The highest BCUT2D eigenvalue weighted by Crippen LogP contribution is 2.22. The van der Waals surface area contributed by atoms with E-state index in [1.807, 2.05) is 0 Å². The van der Waals surface area contributed by atoms with Crippen molar-refractivity contribution in [2.45, 2.75) is 33.2 Å². The summed E-state index contributed by atoms with van der Waals surface area (Å²) in [5.74, 6) is 0. The predicted octanol–water partition coefficient (Wildman–Crippen LogP) is 3.65. The van der Waals surface area contributed by atoms with E-state index < -0.39 is 0 Å². The zero-order valence-corrected chi connectivity index (χ0v) is 12.1. The van der Waals surface area contributed by atoms with Crippen LogP contribution in [0.1, 0.15) is 34.8 Å². The molecule has 1 unspecified atom stereocenters. The molecule has 0 amide bonds. The molecule has 0 spiro atoms. The van der Waals surface area contributed by atoms with Crippen LogP contribution in [-0.4, -0.2) is 11.5 Å². The van der Waals surface area contributed by atoms with Crippen molar-refractivity contribution in [1.82, 2.24) is 10.3 Å². The minimum Gasteiger partial charge on any atom is -0.310 e. The molecule has 0 bridgehead atoms. The summed E-state index contributed by atoms with van der Waals surface area (Å²) in [7, 11) is 0. The number of aryl methyl sites for hydroxylation is 2. The summed E-state index contributed by atoms with van der Waals surface area (Å²) >= 11 is 1.72. The van der Waals surface area contributed by atoms with E-state index in [4.69, 9.17) is 0 Å². The van der Waals surface area contributed by atoms with Gasteiger partial charge in [0.15, 0.2) is 0 Å². The molecule has 0 saturated carbocycles. The molecule has 0 aliphatic heterocycles. The SMILES string of the molecule is CCNC(Cc1csc(C)n1)c1ccccc1C. The van der Waals surface area contributed by atoms with Crippen molar-refractivity contribution in [3.63, 3.8) is 0 Å². The average molecular weight is 260 g/mol. The van der Waals surface area contributed by atoms with Crippen molar-refractivity contribution >= 4 is 11.3 Å². The number of hydrogen-bond donors (Lipinski definition) is 1. The molecule has 0 fully saturated rings. The van der Waals surface area contributed by atoms with Crippen LogP contribution in [0.3, 0.4) is 0 Å². The van der Waals surface area contributed by atoms with Crippen molar-refractivity contribution in [3.8, 4) is 0 Å². The molecule has 2 rings (SSSR count). The quantitative estimate of drug-likeness (QED) is 0.887. The topological polar surface area (TPSA) is 24.9 Å². The highest BCUT2D eigenvalue weighted by Gasteiger charge is 2.14. The fraction of sp³-hybridized carbons (Fsp3) is 0.400. The third-order valence-corrected chi connectivity index (χ3v) is 3.92. The summed E-state index contributed by atoms with van der Waals surface area (Å²) in [5.41, 5.74) is 3.91. The highest BCUT2D eigenvalue weighted by molar-refractivity contribution is 7.09. The van der Waals surface area contributed by atoms with E-state index in [0.29, 0.717) is 6.04 Å². The molecule has 2 aromatic rings. The second kappa shape index (κ2) is 6.12. The van der Waals surface area contributed by atoms with E-state index in [1.165, 1.54) is 16.8 Å². The molecule has 0 radical (unpaired) electrons. The number of thiazole rings is 1. The molecule has 18 heavy (non-hydrogen) atoms. The lowest BCUT2D eigenvalue weighted by atomic mass is 9.98. The molecular formula is C15H20N2S. The van der Waals surface area contributed by atoms with E-state index >= 15 is 0 Å². The first-order valence-electron chi connectivity index (χ1n) is 6.40. The zero-order chi connectivity index (χ0) is 13.0.